The Morgan fingerprint density at radius 2 is 1.91 bits per heavy atom. The van der Waals surface area contributed by atoms with Gasteiger partial charge in [0.15, 0.2) is 0 Å². The molecule has 2 saturated carbocycles. The van der Waals surface area contributed by atoms with Crippen LogP contribution < -0.4 is 0 Å². The maximum atomic E-state index is 2.53. The molecule has 2 aliphatic carbocycles. The van der Waals surface area contributed by atoms with Gasteiger partial charge >= 0.3 is 0 Å². The number of allylic oxidation sites excluding steroid dienone is 2. The minimum atomic E-state index is 0.635. The average Bonchev–Trinajstić information content (AvgIpc) is 2.69. The normalized spacial score (nSPS) is 35.5. The van der Waals surface area contributed by atoms with Gasteiger partial charge in [0.25, 0.3) is 0 Å². The molecule has 0 radical (unpaired) electrons. The Bertz CT molecular complexity index is 194. The van der Waals surface area contributed by atoms with E-state index in [9.17, 15) is 0 Å². The lowest BCUT2D eigenvalue weighted by molar-refractivity contribution is 0.607. The summed E-state index contributed by atoms with van der Waals surface area (Å²) in [5.74, 6) is 1.88. The van der Waals surface area contributed by atoms with E-state index in [1.54, 1.807) is 5.57 Å². The van der Waals surface area contributed by atoms with Gasteiger partial charge in [-0.15, -0.1) is 0 Å². The van der Waals surface area contributed by atoms with Crippen molar-refractivity contribution in [3.05, 3.63) is 11.6 Å². The molecule has 0 aliphatic heterocycles. The van der Waals surface area contributed by atoms with E-state index >= 15 is 0 Å². The highest BCUT2D eigenvalue weighted by Crippen LogP contribution is 2.53. The van der Waals surface area contributed by atoms with Crippen molar-refractivity contribution < 1.29 is 0 Å². The molecule has 0 nitrogen and oxygen atoms in total. The molecule has 0 bridgehead atoms. The Hall–Kier alpha value is -0.260. The zero-order chi connectivity index (χ0) is 8.06. The second kappa shape index (κ2) is 2.12. The van der Waals surface area contributed by atoms with Crippen LogP contribution in [0.25, 0.3) is 0 Å². The lowest BCUT2D eigenvalue weighted by atomic mass is 10.1. The van der Waals surface area contributed by atoms with Crippen molar-refractivity contribution in [2.45, 2.75) is 40.0 Å². The van der Waals surface area contributed by atoms with Gasteiger partial charge in [0.2, 0.25) is 0 Å². The monoisotopic (exact) mass is 150 g/mol. The topological polar surface area (TPSA) is 0 Å². The predicted octanol–water partition coefficient (Wildman–Crippen LogP) is 3.39. The van der Waals surface area contributed by atoms with Crippen molar-refractivity contribution in [3.8, 4) is 0 Å². The van der Waals surface area contributed by atoms with Crippen molar-refractivity contribution in [1.29, 1.82) is 0 Å². The van der Waals surface area contributed by atoms with Crippen LogP contribution in [0.3, 0.4) is 0 Å². The van der Waals surface area contributed by atoms with Crippen LogP contribution in [0.1, 0.15) is 40.0 Å². The maximum absolute atomic E-state index is 2.53. The fourth-order valence-corrected chi connectivity index (χ4v) is 1.78. The molecule has 2 aliphatic rings. The van der Waals surface area contributed by atoms with E-state index in [4.69, 9.17) is 0 Å². The Balaban J connectivity index is 1.93. The van der Waals surface area contributed by atoms with Gasteiger partial charge in [0.1, 0.15) is 0 Å². The first-order chi connectivity index (χ1) is 5.09. The number of rotatable bonds is 2. The highest BCUT2D eigenvalue weighted by molar-refractivity contribution is 5.17. The molecule has 0 saturated heterocycles. The molecular formula is C11H18. The zero-order valence-electron chi connectivity index (χ0n) is 7.85. The maximum Gasteiger partial charge on any atom is -0.0174 e. The summed E-state index contributed by atoms with van der Waals surface area (Å²) in [4.78, 5) is 0. The van der Waals surface area contributed by atoms with Gasteiger partial charge in [-0.1, -0.05) is 25.5 Å². The molecule has 0 aromatic rings. The van der Waals surface area contributed by atoms with E-state index in [2.05, 4.69) is 26.8 Å². The number of hydrogen-bond acceptors (Lipinski definition) is 0. The first kappa shape index (κ1) is 7.39. The number of hydrogen-bond donors (Lipinski definition) is 0. The molecule has 0 N–H and O–H groups in total. The molecule has 2 rings (SSSR count). The van der Waals surface area contributed by atoms with Crippen LogP contribution >= 0.6 is 0 Å². The predicted molar refractivity (Wildman–Crippen MR) is 48.4 cm³/mol. The van der Waals surface area contributed by atoms with Gasteiger partial charge in [-0.05, 0) is 43.4 Å². The summed E-state index contributed by atoms with van der Waals surface area (Å²) in [5, 5.41) is 0. The van der Waals surface area contributed by atoms with Crippen LogP contribution in [0.15, 0.2) is 11.6 Å². The van der Waals surface area contributed by atoms with Gasteiger partial charge < -0.3 is 0 Å². The van der Waals surface area contributed by atoms with Gasteiger partial charge in [-0.25, -0.2) is 0 Å². The fraction of sp³-hybridized carbons (Fsp3) is 0.818. The molecule has 0 amide bonds. The first-order valence-electron chi connectivity index (χ1n) is 4.78. The van der Waals surface area contributed by atoms with Crippen molar-refractivity contribution in [1.82, 2.24) is 0 Å². The van der Waals surface area contributed by atoms with E-state index < -0.39 is 0 Å². The van der Waals surface area contributed by atoms with Crippen molar-refractivity contribution in [2.75, 3.05) is 0 Å². The van der Waals surface area contributed by atoms with Crippen molar-refractivity contribution in [3.63, 3.8) is 0 Å². The minimum Gasteiger partial charge on any atom is -0.0817 e. The molecule has 0 heterocycles. The summed E-state index contributed by atoms with van der Waals surface area (Å²) in [6.07, 6.45) is 6.85. The van der Waals surface area contributed by atoms with Crippen molar-refractivity contribution >= 4 is 0 Å². The Morgan fingerprint density at radius 1 is 1.36 bits per heavy atom. The third kappa shape index (κ3) is 1.50. The van der Waals surface area contributed by atoms with Crippen LogP contribution in [0.4, 0.5) is 0 Å². The van der Waals surface area contributed by atoms with E-state index in [1.807, 2.05) is 0 Å². The molecule has 1 atom stereocenters. The average molecular weight is 150 g/mol. The third-order valence-corrected chi connectivity index (χ3v) is 3.28. The molecule has 0 aromatic heterocycles. The van der Waals surface area contributed by atoms with Crippen LogP contribution in [0.5, 0.6) is 0 Å². The highest BCUT2D eigenvalue weighted by atomic mass is 14.5. The molecule has 11 heavy (non-hydrogen) atoms. The van der Waals surface area contributed by atoms with Crippen LogP contribution in [-0.4, -0.2) is 0 Å². The third-order valence-electron chi connectivity index (χ3n) is 3.28. The molecule has 0 unspecified atom stereocenters. The summed E-state index contributed by atoms with van der Waals surface area (Å²) in [6, 6.07) is 0. The fourth-order valence-electron chi connectivity index (χ4n) is 1.78. The van der Waals surface area contributed by atoms with Crippen molar-refractivity contribution in [2.24, 2.45) is 17.3 Å². The summed E-state index contributed by atoms with van der Waals surface area (Å²) < 4.78 is 0. The van der Waals surface area contributed by atoms with Gasteiger partial charge in [-0.2, -0.15) is 0 Å². The molecule has 0 aromatic carbocycles. The molecule has 0 heteroatoms. The first-order valence-corrected chi connectivity index (χ1v) is 4.78. The molecule has 62 valence electrons. The molecule has 2 fully saturated rings. The Morgan fingerprint density at radius 3 is 2.27 bits per heavy atom. The van der Waals surface area contributed by atoms with Gasteiger partial charge in [0, 0.05) is 0 Å². The van der Waals surface area contributed by atoms with Crippen LogP contribution in [0, 0.1) is 17.3 Å². The van der Waals surface area contributed by atoms with Crippen LogP contribution in [-0.2, 0) is 0 Å². The van der Waals surface area contributed by atoms with Gasteiger partial charge in [-0.3, -0.25) is 0 Å². The van der Waals surface area contributed by atoms with E-state index in [0.29, 0.717) is 5.41 Å². The summed E-state index contributed by atoms with van der Waals surface area (Å²) in [7, 11) is 0. The highest BCUT2D eigenvalue weighted by Gasteiger charge is 2.44. The standard InChI is InChI=1S/C11H18/c1-8(9-4-5-9)6-10-7-11(10,2)3/h6,9-10H,4-5,7H2,1-3H3/b8-6-/t10-/m0/s1. The molecular weight excluding hydrogens is 132 g/mol. The Labute approximate surface area is 69.7 Å². The summed E-state index contributed by atoms with van der Waals surface area (Å²) in [6.45, 7) is 7.05. The Kier molecular flexibility index (Phi) is 1.42. The van der Waals surface area contributed by atoms with E-state index in [-0.39, 0.29) is 0 Å². The second-order valence-electron chi connectivity index (χ2n) is 4.98. The van der Waals surface area contributed by atoms with E-state index in [1.165, 1.54) is 19.3 Å². The molecule has 0 spiro atoms. The zero-order valence-corrected chi connectivity index (χ0v) is 7.85. The summed E-state index contributed by atoms with van der Waals surface area (Å²) >= 11 is 0. The largest absolute Gasteiger partial charge is 0.0817 e. The SMILES string of the molecule is C/C(=C/[C@H]1CC1(C)C)C1CC1. The van der Waals surface area contributed by atoms with E-state index in [0.717, 1.165) is 11.8 Å². The lowest BCUT2D eigenvalue weighted by Gasteiger charge is -1.99. The second-order valence-corrected chi connectivity index (χ2v) is 4.98. The van der Waals surface area contributed by atoms with Gasteiger partial charge in [0.05, 0.1) is 0 Å². The summed E-state index contributed by atoms with van der Waals surface area (Å²) in [5.41, 5.74) is 2.30. The smallest absolute Gasteiger partial charge is 0.0174 e. The lowest BCUT2D eigenvalue weighted by Crippen LogP contribution is -1.88. The van der Waals surface area contributed by atoms with Crippen LogP contribution in [0.2, 0.25) is 0 Å². The minimum absolute atomic E-state index is 0.635. The quantitative estimate of drug-likeness (QED) is 0.529.